The van der Waals surface area contributed by atoms with Crippen molar-refractivity contribution in [1.82, 2.24) is 14.7 Å². The van der Waals surface area contributed by atoms with Gasteiger partial charge in [-0.2, -0.15) is 5.10 Å². The third-order valence-electron chi connectivity index (χ3n) is 5.17. The molecule has 4 rings (SSSR count). The Bertz CT molecular complexity index is 1140. The number of aryl methyl sites for hydroxylation is 1. The van der Waals surface area contributed by atoms with Crippen molar-refractivity contribution in [2.75, 3.05) is 25.5 Å². The fourth-order valence-corrected chi connectivity index (χ4v) is 3.45. The van der Waals surface area contributed by atoms with E-state index < -0.39 is 0 Å². The largest absolute Gasteiger partial charge is 0.497 e. The van der Waals surface area contributed by atoms with E-state index in [1.54, 1.807) is 62.7 Å². The van der Waals surface area contributed by atoms with Crippen molar-refractivity contribution in [3.63, 3.8) is 0 Å². The van der Waals surface area contributed by atoms with Gasteiger partial charge in [-0.15, -0.1) is 0 Å². The zero-order chi connectivity index (χ0) is 21.8. The van der Waals surface area contributed by atoms with Gasteiger partial charge in [0, 0.05) is 37.5 Å². The molecule has 8 nitrogen and oxygen atoms in total. The average molecular weight is 420 g/mol. The van der Waals surface area contributed by atoms with E-state index in [9.17, 15) is 9.59 Å². The minimum absolute atomic E-state index is 0.0333. The molecule has 8 heteroatoms. The topological polar surface area (TPSA) is 85.7 Å². The number of benzene rings is 2. The van der Waals surface area contributed by atoms with Crippen molar-refractivity contribution in [3.8, 4) is 17.2 Å². The summed E-state index contributed by atoms with van der Waals surface area (Å²) in [6.07, 6.45) is 3.58. The number of aromatic nitrogens is 2. The van der Waals surface area contributed by atoms with Crippen LogP contribution in [0.2, 0.25) is 0 Å². The van der Waals surface area contributed by atoms with E-state index in [2.05, 4.69) is 10.4 Å². The predicted octanol–water partition coefficient (Wildman–Crippen LogP) is 3.56. The molecule has 0 aliphatic carbocycles. The van der Waals surface area contributed by atoms with E-state index >= 15 is 0 Å². The molecule has 0 spiro atoms. The Kier molecular flexibility index (Phi) is 5.88. The Balaban J connectivity index is 1.58. The monoisotopic (exact) mass is 420 g/mol. The van der Waals surface area contributed by atoms with Crippen molar-refractivity contribution in [2.45, 2.75) is 12.8 Å². The number of hydrogen-bond donors (Lipinski definition) is 1. The first-order chi connectivity index (χ1) is 15.0. The Labute approximate surface area is 180 Å². The van der Waals surface area contributed by atoms with Gasteiger partial charge in [-0.25, -0.2) is 4.68 Å². The van der Waals surface area contributed by atoms with Crippen LogP contribution in [-0.2, 0) is 7.05 Å². The standard InChI is InChI=1S/C23H24N4O4/c1-26-23(29)21(20(15-24-26)31-19-7-5-6-18(14-19)30-2)25-17-10-8-16(9-11-17)22(28)27-12-3-4-13-27/h5-11,14-15,25H,3-4,12-13H2,1-2H3. The van der Waals surface area contributed by atoms with Crippen LogP contribution in [-0.4, -0.2) is 40.8 Å². The molecule has 1 N–H and O–H groups in total. The van der Waals surface area contributed by atoms with Gasteiger partial charge in [0.15, 0.2) is 11.4 Å². The summed E-state index contributed by atoms with van der Waals surface area (Å²) in [7, 11) is 3.14. The lowest BCUT2D eigenvalue weighted by molar-refractivity contribution is 0.0793. The zero-order valence-electron chi connectivity index (χ0n) is 17.5. The van der Waals surface area contributed by atoms with Gasteiger partial charge >= 0.3 is 0 Å². The van der Waals surface area contributed by atoms with Crippen LogP contribution in [0.4, 0.5) is 11.4 Å². The van der Waals surface area contributed by atoms with E-state index in [1.807, 2.05) is 4.90 Å². The van der Waals surface area contributed by atoms with Gasteiger partial charge in [-0.1, -0.05) is 6.07 Å². The van der Waals surface area contributed by atoms with Crippen LogP contribution in [0, 0.1) is 0 Å². The van der Waals surface area contributed by atoms with Crippen LogP contribution in [0.5, 0.6) is 17.2 Å². The second-order valence-corrected chi connectivity index (χ2v) is 7.30. The number of nitrogens with one attached hydrogen (secondary N) is 1. The number of nitrogens with zero attached hydrogens (tertiary/aromatic N) is 3. The van der Waals surface area contributed by atoms with Crippen molar-refractivity contribution < 1.29 is 14.3 Å². The average Bonchev–Trinajstić information content (AvgIpc) is 3.34. The van der Waals surface area contributed by atoms with E-state index in [4.69, 9.17) is 9.47 Å². The molecule has 1 aliphatic rings. The van der Waals surface area contributed by atoms with Crippen LogP contribution in [0.15, 0.2) is 59.5 Å². The fraction of sp³-hybridized carbons (Fsp3) is 0.261. The smallest absolute Gasteiger partial charge is 0.294 e. The van der Waals surface area contributed by atoms with Gasteiger partial charge < -0.3 is 19.7 Å². The van der Waals surface area contributed by atoms with E-state index in [1.165, 1.54) is 10.9 Å². The predicted molar refractivity (Wildman–Crippen MR) is 117 cm³/mol. The van der Waals surface area contributed by atoms with Crippen LogP contribution in [0.3, 0.4) is 0 Å². The summed E-state index contributed by atoms with van der Waals surface area (Å²) in [5, 5.41) is 7.17. The molecule has 1 aliphatic heterocycles. The summed E-state index contributed by atoms with van der Waals surface area (Å²) in [5.41, 5.74) is 1.20. The lowest BCUT2D eigenvalue weighted by Gasteiger charge is -2.16. The van der Waals surface area contributed by atoms with E-state index in [-0.39, 0.29) is 22.9 Å². The first-order valence-corrected chi connectivity index (χ1v) is 10.1. The maximum Gasteiger partial charge on any atom is 0.294 e. The summed E-state index contributed by atoms with van der Waals surface area (Å²) < 4.78 is 12.4. The summed E-state index contributed by atoms with van der Waals surface area (Å²) in [6.45, 7) is 1.60. The first-order valence-electron chi connectivity index (χ1n) is 10.1. The van der Waals surface area contributed by atoms with Crippen LogP contribution in [0.25, 0.3) is 0 Å². The second kappa shape index (κ2) is 8.91. The highest BCUT2D eigenvalue weighted by molar-refractivity contribution is 5.94. The number of rotatable bonds is 6. The third-order valence-corrected chi connectivity index (χ3v) is 5.17. The maximum atomic E-state index is 12.7. The third kappa shape index (κ3) is 4.53. The van der Waals surface area contributed by atoms with Gasteiger partial charge in [-0.05, 0) is 49.2 Å². The van der Waals surface area contributed by atoms with E-state index in [0.29, 0.717) is 22.7 Å². The Morgan fingerprint density at radius 1 is 1.06 bits per heavy atom. The lowest BCUT2D eigenvalue weighted by atomic mass is 10.2. The normalized spacial score (nSPS) is 13.2. The molecule has 1 fully saturated rings. The molecular formula is C23H24N4O4. The number of ether oxygens (including phenoxy) is 2. The Morgan fingerprint density at radius 3 is 2.48 bits per heavy atom. The Hall–Kier alpha value is -3.81. The van der Waals surface area contributed by atoms with Crippen molar-refractivity contribution in [1.29, 1.82) is 0 Å². The molecule has 1 aromatic heterocycles. The van der Waals surface area contributed by atoms with Gasteiger partial charge in [-0.3, -0.25) is 9.59 Å². The molecule has 2 aromatic carbocycles. The molecule has 0 atom stereocenters. The molecule has 1 saturated heterocycles. The molecule has 1 amide bonds. The number of likely N-dealkylation sites (tertiary alicyclic amines) is 1. The van der Waals surface area contributed by atoms with Crippen LogP contribution in [0.1, 0.15) is 23.2 Å². The second-order valence-electron chi connectivity index (χ2n) is 7.30. The maximum absolute atomic E-state index is 12.7. The van der Waals surface area contributed by atoms with Crippen molar-refractivity contribution in [3.05, 3.63) is 70.6 Å². The fourth-order valence-electron chi connectivity index (χ4n) is 3.45. The van der Waals surface area contributed by atoms with Gasteiger partial charge in [0.25, 0.3) is 11.5 Å². The van der Waals surface area contributed by atoms with Crippen molar-refractivity contribution >= 4 is 17.3 Å². The minimum Gasteiger partial charge on any atom is -0.497 e. The van der Waals surface area contributed by atoms with Gasteiger partial charge in [0.2, 0.25) is 0 Å². The molecule has 2 heterocycles. The zero-order valence-corrected chi connectivity index (χ0v) is 17.5. The number of amides is 1. The molecule has 0 saturated carbocycles. The SMILES string of the molecule is COc1cccc(Oc2cnn(C)c(=O)c2Nc2ccc(C(=O)N3CCCC3)cc2)c1. The molecule has 0 bridgehead atoms. The number of hydrogen-bond acceptors (Lipinski definition) is 6. The molecule has 160 valence electrons. The number of methoxy groups -OCH3 is 1. The molecule has 3 aromatic rings. The summed E-state index contributed by atoms with van der Waals surface area (Å²) in [5.74, 6) is 1.48. The highest BCUT2D eigenvalue weighted by Gasteiger charge is 2.19. The molecule has 0 unspecified atom stereocenters. The van der Waals surface area contributed by atoms with Crippen LogP contribution < -0.4 is 20.3 Å². The van der Waals surface area contributed by atoms with Gasteiger partial charge in [0.1, 0.15) is 11.5 Å². The molecule has 31 heavy (non-hydrogen) atoms. The van der Waals surface area contributed by atoms with E-state index in [0.717, 1.165) is 25.9 Å². The van der Waals surface area contributed by atoms with Gasteiger partial charge in [0.05, 0.1) is 13.3 Å². The summed E-state index contributed by atoms with van der Waals surface area (Å²) in [6, 6.07) is 14.2. The molecular weight excluding hydrogens is 396 g/mol. The first kappa shape index (κ1) is 20.5. The summed E-state index contributed by atoms with van der Waals surface area (Å²) in [4.78, 5) is 27.1. The highest BCUT2D eigenvalue weighted by Crippen LogP contribution is 2.30. The number of carbonyl (C=O) groups excluding carboxylic acids is 1. The Morgan fingerprint density at radius 2 is 1.77 bits per heavy atom. The summed E-state index contributed by atoms with van der Waals surface area (Å²) >= 11 is 0. The highest BCUT2D eigenvalue weighted by atomic mass is 16.5. The van der Waals surface area contributed by atoms with Crippen LogP contribution >= 0.6 is 0 Å². The minimum atomic E-state index is -0.336. The quantitative estimate of drug-likeness (QED) is 0.656. The number of carbonyl (C=O) groups is 1. The van der Waals surface area contributed by atoms with Crippen molar-refractivity contribution in [2.24, 2.45) is 7.05 Å². The lowest BCUT2D eigenvalue weighted by Crippen LogP contribution is -2.27. The molecule has 0 radical (unpaired) electrons. The number of anilines is 2.